The highest BCUT2D eigenvalue weighted by molar-refractivity contribution is 8.00. The normalized spacial score (nSPS) is 29.0. The van der Waals surface area contributed by atoms with Crippen LogP contribution in [0.5, 0.6) is 17.2 Å². The van der Waals surface area contributed by atoms with Crippen molar-refractivity contribution in [1.29, 1.82) is 0 Å². The van der Waals surface area contributed by atoms with Crippen molar-refractivity contribution < 1.29 is 33.3 Å². The van der Waals surface area contributed by atoms with Gasteiger partial charge < -0.3 is 28.8 Å². The summed E-state index contributed by atoms with van der Waals surface area (Å²) in [6.45, 7) is 4.30. The number of imide groups is 1. The molecule has 3 aliphatic heterocycles. The summed E-state index contributed by atoms with van der Waals surface area (Å²) in [5.74, 6) is 0.356. The molecule has 4 heterocycles. The van der Waals surface area contributed by atoms with E-state index in [1.165, 1.54) is 16.2 Å². The largest absolute Gasteiger partial charge is 0.497 e. The summed E-state index contributed by atoms with van der Waals surface area (Å²) in [6.07, 6.45) is 0.796. The number of benzene rings is 2. The van der Waals surface area contributed by atoms with Crippen LogP contribution >= 0.6 is 23.1 Å². The molecule has 2 bridgehead atoms. The van der Waals surface area contributed by atoms with E-state index < -0.39 is 5.92 Å². The monoisotopic (exact) mass is 677 g/mol. The Morgan fingerprint density at radius 3 is 2.45 bits per heavy atom. The number of ether oxygens (including phenoxy) is 4. The van der Waals surface area contributed by atoms with Crippen LogP contribution in [0.3, 0.4) is 0 Å². The second-order valence-corrected chi connectivity index (χ2v) is 14.8. The zero-order chi connectivity index (χ0) is 32.4. The van der Waals surface area contributed by atoms with Gasteiger partial charge in [0.25, 0.3) is 5.91 Å². The van der Waals surface area contributed by atoms with Crippen molar-refractivity contribution in [3.63, 3.8) is 0 Å². The Labute approximate surface area is 279 Å². The lowest BCUT2D eigenvalue weighted by atomic mass is 9.68. The standard InChI is InChI=1S/C34H35N3O8S2/c1-3-44-23-14-17(4-9-22(23)45-16-24(38)36-10-12-43-13-11-36)25-26-20-15-21(29(26)46-31-30(25)47-34(41)35-31)28-27(20)32(39)37(33(28)40)18-5-7-19(42-2)8-6-18/h4-9,14,20-21,25-29H,3,10-13,15-16H2,1-2H3,(H,35,41)/t20?,21?,25-,26?,27?,28?,29?/m1/s1. The number of morpholine rings is 1. The van der Waals surface area contributed by atoms with E-state index in [2.05, 4.69) is 4.98 Å². The van der Waals surface area contributed by atoms with Crippen molar-refractivity contribution in [3.05, 3.63) is 62.6 Å². The molecule has 13 heteroatoms. The van der Waals surface area contributed by atoms with Crippen LogP contribution in [-0.2, 0) is 19.1 Å². The third-order valence-electron chi connectivity index (χ3n) is 10.4. The van der Waals surface area contributed by atoms with E-state index in [4.69, 9.17) is 18.9 Å². The molecule has 0 radical (unpaired) electrons. The van der Waals surface area contributed by atoms with Gasteiger partial charge in [-0.2, -0.15) is 0 Å². The van der Waals surface area contributed by atoms with Crippen molar-refractivity contribution in [2.24, 2.45) is 29.6 Å². The lowest BCUT2D eigenvalue weighted by Gasteiger charge is -2.43. The van der Waals surface area contributed by atoms with Gasteiger partial charge in [0.05, 0.1) is 49.5 Å². The SMILES string of the molecule is CCOc1cc([C@H]2c3sc(=O)[nH]c3SC3C4CC(C5C(=O)N(c6ccc(OC)cc6)C(=O)C45)C32)ccc1OCC(=O)N1CCOCC1. The number of anilines is 1. The molecular formula is C34H35N3O8S2. The summed E-state index contributed by atoms with van der Waals surface area (Å²) >= 11 is 2.87. The van der Waals surface area contributed by atoms with Crippen LogP contribution in [0.25, 0.3) is 0 Å². The van der Waals surface area contributed by atoms with Crippen LogP contribution in [0.15, 0.2) is 52.3 Å². The molecule has 246 valence electrons. The molecular weight excluding hydrogens is 643 g/mol. The molecule has 1 aromatic heterocycles. The van der Waals surface area contributed by atoms with Crippen LogP contribution in [0.4, 0.5) is 5.69 Å². The minimum Gasteiger partial charge on any atom is -0.497 e. The second-order valence-electron chi connectivity index (χ2n) is 12.6. The third-order valence-corrected chi connectivity index (χ3v) is 13.0. The number of carbonyl (C=O) groups is 3. The fourth-order valence-corrected chi connectivity index (χ4v) is 11.4. The molecule has 4 fully saturated rings. The smallest absolute Gasteiger partial charge is 0.305 e. The fraction of sp³-hybridized carbons (Fsp3) is 0.471. The van der Waals surface area contributed by atoms with Crippen LogP contribution in [0.2, 0.25) is 0 Å². The maximum Gasteiger partial charge on any atom is 0.305 e. The van der Waals surface area contributed by atoms with Crippen molar-refractivity contribution in [1.82, 2.24) is 9.88 Å². The van der Waals surface area contributed by atoms with E-state index in [1.807, 2.05) is 25.1 Å². The minimum absolute atomic E-state index is 0.0129. The summed E-state index contributed by atoms with van der Waals surface area (Å²) in [5.41, 5.74) is 1.52. The zero-order valence-corrected chi connectivity index (χ0v) is 27.6. The highest BCUT2D eigenvalue weighted by atomic mass is 32.2. The first-order valence-corrected chi connectivity index (χ1v) is 17.7. The average Bonchev–Trinajstić information content (AvgIpc) is 3.83. The number of thioether (sulfide) groups is 1. The maximum atomic E-state index is 14.1. The van der Waals surface area contributed by atoms with E-state index >= 15 is 0 Å². The van der Waals surface area contributed by atoms with Crippen LogP contribution in [0.1, 0.15) is 29.7 Å². The van der Waals surface area contributed by atoms with Crippen molar-refractivity contribution >= 4 is 46.5 Å². The lowest BCUT2D eigenvalue weighted by Crippen LogP contribution is -2.43. The van der Waals surface area contributed by atoms with Gasteiger partial charge >= 0.3 is 4.87 Å². The third kappa shape index (κ3) is 4.96. The Morgan fingerprint density at radius 2 is 1.72 bits per heavy atom. The van der Waals surface area contributed by atoms with Gasteiger partial charge in [0, 0.05) is 29.1 Å². The van der Waals surface area contributed by atoms with E-state index in [-0.39, 0.29) is 64.0 Å². The molecule has 1 N–H and O–H groups in total. The topological polar surface area (TPSA) is 127 Å². The lowest BCUT2D eigenvalue weighted by molar-refractivity contribution is -0.137. The second kappa shape index (κ2) is 12.0. The first-order chi connectivity index (χ1) is 22.9. The van der Waals surface area contributed by atoms with Crippen molar-refractivity contribution in [2.45, 2.75) is 29.5 Å². The van der Waals surface area contributed by atoms with Gasteiger partial charge in [0.2, 0.25) is 11.8 Å². The quantitative estimate of drug-likeness (QED) is 0.355. The number of aromatic nitrogens is 1. The zero-order valence-electron chi connectivity index (χ0n) is 26.0. The van der Waals surface area contributed by atoms with Crippen LogP contribution in [-0.4, -0.2) is 79.5 Å². The predicted molar refractivity (Wildman–Crippen MR) is 174 cm³/mol. The Hall–Kier alpha value is -3.81. The Morgan fingerprint density at radius 1 is 0.979 bits per heavy atom. The number of amides is 3. The first-order valence-electron chi connectivity index (χ1n) is 16.0. The minimum atomic E-state index is -0.406. The number of thiazole rings is 1. The number of methoxy groups -OCH3 is 1. The number of carbonyl (C=O) groups excluding carboxylic acids is 3. The molecule has 2 saturated heterocycles. The van der Waals surface area contributed by atoms with Gasteiger partial charge in [0.15, 0.2) is 18.1 Å². The molecule has 11 nitrogen and oxygen atoms in total. The molecule has 5 aliphatic rings. The van der Waals surface area contributed by atoms with Crippen LogP contribution < -0.4 is 24.0 Å². The van der Waals surface area contributed by atoms with Gasteiger partial charge in [0.1, 0.15) is 5.75 Å². The summed E-state index contributed by atoms with van der Waals surface area (Å²) in [6, 6.07) is 12.8. The number of rotatable bonds is 8. The van der Waals surface area contributed by atoms with Gasteiger partial charge in [-0.05, 0) is 73.1 Å². The molecule has 3 amide bonds. The number of nitrogens with zero attached hydrogens (tertiary/aromatic N) is 2. The van der Waals surface area contributed by atoms with Gasteiger partial charge in [-0.15, -0.1) is 11.8 Å². The predicted octanol–water partition coefficient (Wildman–Crippen LogP) is 3.76. The van der Waals surface area contributed by atoms with Crippen molar-refractivity contribution in [2.75, 3.05) is 51.5 Å². The highest BCUT2D eigenvalue weighted by Crippen LogP contribution is 2.68. The number of aromatic amines is 1. The Kier molecular flexibility index (Phi) is 7.80. The van der Waals surface area contributed by atoms with Crippen molar-refractivity contribution in [3.8, 4) is 17.2 Å². The molecule has 7 atom stereocenters. The molecule has 8 rings (SSSR count). The number of fused-ring (bicyclic) bond motifs is 9. The number of nitrogens with one attached hydrogen (secondary N) is 1. The van der Waals surface area contributed by atoms with E-state index in [1.54, 1.807) is 48.0 Å². The van der Waals surface area contributed by atoms with Crippen LogP contribution in [0, 0.1) is 29.6 Å². The molecule has 2 aliphatic carbocycles. The Bertz CT molecular complexity index is 1780. The molecule has 6 unspecified atom stereocenters. The molecule has 0 spiro atoms. The molecule has 2 aromatic carbocycles. The summed E-state index contributed by atoms with van der Waals surface area (Å²) in [5, 5.41) is 0.905. The number of hydrogen-bond acceptors (Lipinski definition) is 10. The fourth-order valence-electron chi connectivity index (χ4n) is 8.52. The summed E-state index contributed by atoms with van der Waals surface area (Å²) in [4.78, 5) is 60.5. The van der Waals surface area contributed by atoms with Gasteiger partial charge in [-0.25, -0.2) is 0 Å². The molecule has 47 heavy (non-hydrogen) atoms. The maximum absolute atomic E-state index is 14.1. The van der Waals surface area contributed by atoms with Gasteiger partial charge in [-0.3, -0.25) is 24.1 Å². The first kappa shape index (κ1) is 30.5. The van der Waals surface area contributed by atoms with E-state index in [0.29, 0.717) is 55.8 Å². The van der Waals surface area contributed by atoms with Gasteiger partial charge in [-0.1, -0.05) is 17.4 Å². The Balaban J connectivity index is 1.11. The average molecular weight is 678 g/mol. The molecule has 3 aromatic rings. The number of H-pyrrole nitrogens is 1. The highest BCUT2D eigenvalue weighted by Gasteiger charge is 2.69. The summed E-state index contributed by atoms with van der Waals surface area (Å²) < 4.78 is 22.7. The molecule has 2 saturated carbocycles. The van der Waals surface area contributed by atoms with E-state index in [9.17, 15) is 19.2 Å². The van der Waals surface area contributed by atoms with E-state index in [0.717, 1.165) is 21.9 Å². The number of hydrogen-bond donors (Lipinski definition) is 1. The summed E-state index contributed by atoms with van der Waals surface area (Å²) in [7, 11) is 1.58.